The summed E-state index contributed by atoms with van der Waals surface area (Å²) >= 11 is 7.29. The van der Waals surface area contributed by atoms with Crippen LogP contribution in [0.25, 0.3) is 10.1 Å². The molecule has 0 saturated heterocycles. The van der Waals surface area contributed by atoms with Gasteiger partial charge in [-0.15, -0.1) is 11.3 Å². The lowest BCUT2D eigenvalue weighted by Crippen LogP contribution is -2.26. The minimum atomic E-state index is -1.17. The van der Waals surface area contributed by atoms with Gasteiger partial charge in [0.25, 0.3) is 5.91 Å². The van der Waals surface area contributed by atoms with E-state index in [-0.39, 0.29) is 0 Å². The van der Waals surface area contributed by atoms with E-state index in [9.17, 15) is 9.59 Å². The average molecular weight is 286 g/mol. The molecule has 7 heteroatoms. The van der Waals surface area contributed by atoms with Crippen molar-refractivity contribution in [2.75, 3.05) is 6.61 Å². The van der Waals surface area contributed by atoms with E-state index < -0.39 is 18.5 Å². The highest BCUT2D eigenvalue weighted by atomic mass is 35.5. The zero-order valence-corrected chi connectivity index (χ0v) is 10.5. The number of benzene rings is 1. The zero-order valence-electron chi connectivity index (χ0n) is 8.97. The van der Waals surface area contributed by atoms with E-state index in [1.807, 2.05) is 29.7 Å². The van der Waals surface area contributed by atoms with Gasteiger partial charge in [0.2, 0.25) is 0 Å². The Kier molecular flexibility index (Phi) is 3.81. The van der Waals surface area contributed by atoms with Crippen molar-refractivity contribution in [2.45, 2.75) is 0 Å². The number of thiophene rings is 1. The number of hydrogen-bond acceptors (Lipinski definition) is 4. The Morgan fingerprint density at radius 1 is 1.39 bits per heavy atom. The summed E-state index contributed by atoms with van der Waals surface area (Å²) in [7, 11) is 0. The predicted molar refractivity (Wildman–Crippen MR) is 67.9 cm³/mol. The minimum absolute atomic E-state index is 0.295. The summed E-state index contributed by atoms with van der Waals surface area (Å²) in [6, 6.07) is 7.32. The number of carbonyl (C=O) groups excluding carboxylic acids is 1. The van der Waals surface area contributed by atoms with Gasteiger partial charge >= 0.3 is 5.97 Å². The van der Waals surface area contributed by atoms with Gasteiger partial charge in [0.1, 0.15) is 4.88 Å². The van der Waals surface area contributed by atoms with E-state index in [0.717, 1.165) is 10.1 Å². The number of carboxylic acids is 1. The third kappa shape index (κ3) is 2.61. The van der Waals surface area contributed by atoms with E-state index in [1.165, 1.54) is 11.3 Å². The summed E-state index contributed by atoms with van der Waals surface area (Å²) < 4.78 is 0.880. The highest BCUT2D eigenvalue weighted by Crippen LogP contribution is 2.34. The minimum Gasteiger partial charge on any atom is -0.479 e. The van der Waals surface area contributed by atoms with Crippen LogP contribution in [0.5, 0.6) is 0 Å². The fraction of sp³-hybridized carbons (Fsp3) is 0.0909. The third-order valence-corrected chi connectivity index (χ3v) is 3.78. The first-order valence-electron chi connectivity index (χ1n) is 4.90. The fourth-order valence-electron chi connectivity index (χ4n) is 1.37. The average Bonchev–Trinajstić information content (AvgIpc) is 2.67. The first-order valence-corrected chi connectivity index (χ1v) is 6.10. The normalized spacial score (nSPS) is 10.5. The summed E-state index contributed by atoms with van der Waals surface area (Å²) in [6.45, 7) is -0.603. The Balaban J connectivity index is 2.17. The smallest absolute Gasteiger partial charge is 0.332 e. The highest BCUT2D eigenvalue weighted by Gasteiger charge is 2.17. The molecule has 2 N–H and O–H groups in total. The molecule has 0 atom stereocenters. The van der Waals surface area contributed by atoms with Crippen LogP contribution in [0, 0.1) is 0 Å². The van der Waals surface area contributed by atoms with Gasteiger partial charge in [-0.05, 0) is 6.07 Å². The Bertz CT molecular complexity index is 610. The van der Waals surface area contributed by atoms with Crippen LogP contribution in [0.3, 0.4) is 0 Å². The van der Waals surface area contributed by atoms with Crippen LogP contribution in [-0.4, -0.2) is 23.6 Å². The first-order chi connectivity index (χ1) is 8.59. The van der Waals surface area contributed by atoms with Gasteiger partial charge in [-0.3, -0.25) is 9.63 Å². The Morgan fingerprint density at radius 2 is 2.11 bits per heavy atom. The summed E-state index contributed by atoms with van der Waals surface area (Å²) in [5.74, 6) is -1.72. The zero-order chi connectivity index (χ0) is 13.1. The van der Waals surface area contributed by atoms with Gasteiger partial charge in [-0.25, -0.2) is 10.3 Å². The number of halogens is 1. The molecule has 0 fully saturated rings. The number of carbonyl (C=O) groups is 2. The molecular formula is C11H8ClNO4S. The lowest BCUT2D eigenvalue weighted by Gasteiger charge is -2.01. The highest BCUT2D eigenvalue weighted by molar-refractivity contribution is 7.21. The van der Waals surface area contributed by atoms with Gasteiger partial charge in [0.15, 0.2) is 6.61 Å². The fourth-order valence-corrected chi connectivity index (χ4v) is 2.77. The second kappa shape index (κ2) is 5.34. The van der Waals surface area contributed by atoms with Gasteiger partial charge in [0.05, 0.1) is 5.02 Å². The topological polar surface area (TPSA) is 75.6 Å². The third-order valence-electron chi connectivity index (χ3n) is 2.10. The molecule has 2 aromatic rings. The first kappa shape index (κ1) is 12.8. The standard InChI is InChI=1S/C11H8ClNO4S/c12-9-6-3-1-2-4-7(6)18-10(9)11(16)13-17-5-8(14)15/h1-4H,5H2,(H,13,16)(H,14,15). The molecule has 1 amide bonds. The molecule has 94 valence electrons. The molecule has 0 bridgehead atoms. The van der Waals surface area contributed by atoms with Gasteiger partial charge in [-0.2, -0.15) is 0 Å². The molecule has 1 aromatic heterocycles. The van der Waals surface area contributed by atoms with Gasteiger partial charge in [0, 0.05) is 10.1 Å². The lowest BCUT2D eigenvalue weighted by molar-refractivity contribution is -0.144. The van der Waals surface area contributed by atoms with Crippen LogP contribution >= 0.6 is 22.9 Å². The Morgan fingerprint density at radius 3 is 2.78 bits per heavy atom. The lowest BCUT2D eigenvalue weighted by atomic mass is 10.2. The monoisotopic (exact) mass is 285 g/mol. The van der Waals surface area contributed by atoms with Crippen LogP contribution in [0.1, 0.15) is 9.67 Å². The van der Waals surface area contributed by atoms with Crippen LogP contribution < -0.4 is 5.48 Å². The van der Waals surface area contributed by atoms with Crippen molar-refractivity contribution in [3.8, 4) is 0 Å². The Hall–Kier alpha value is -1.63. The molecule has 2 rings (SSSR count). The summed E-state index contributed by atoms with van der Waals surface area (Å²) in [4.78, 5) is 26.7. The van der Waals surface area contributed by atoms with Crippen molar-refractivity contribution in [3.63, 3.8) is 0 Å². The maximum absolute atomic E-state index is 11.7. The number of nitrogens with one attached hydrogen (secondary N) is 1. The molecule has 1 heterocycles. The number of hydroxylamine groups is 1. The number of fused-ring (bicyclic) bond motifs is 1. The van der Waals surface area contributed by atoms with Crippen molar-refractivity contribution >= 4 is 44.9 Å². The van der Waals surface area contributed by atoms with Crippen molar-refractivity contribution < 1.29 is 19.5 Å². The molecule has 0 radical (unpaired) electrons. The van der Waals surface area contributed by atoms with Crippen LogP contribution in [0.2, 0.25) is 5.02 Å². The van der Waals surface area contributed by atoms with Crippen molar-refractivity contribution in [3.05, 3.63) is 34.2 Å². The molecule has 18 heavy (non-hydrogen) atoms. The number of carboxylic acid groups (broad SMARTS) is 1. The maximum Gasteiger partial charge on any atom is 0.332 e. The molecule has 0 aliphatic carbocycles. The number of amides is 1. The SMILES string of the molecule is O=C(O)CONC(=O)c1sc2ccccc2c1Cl. The van der Waals surface area contributed by atoms with Crippen molar-refractivity contribution in [1.82, 2.24) is 5.48 Å². The number of hydrogen-bond donors (Lipinski definition) is 2. The molecule has 0 aliphatic heterocycles. The van der Waals surface area contributed by atoms with Crippen molar-refractivity contribution in [1.29, 1.82) is 0 Å². The molecule has 0 saturated carbocycles. The summed E-state index contributed by atoms with van der Waals surface area (Å²) in [5.41, 5.74) is 2.04. The molecule has 1 aromatic carbocycles. The molecule has 0 aliphatic rings. The van der Waals surface area contributed by atoms with Gasteiger partial charge < -0.3 is 5.11 Å². The summed E-state index contributed by atoms with van der Waals surface area (Å²) in [6.07, 6.45) is 0. The molecule has 0 spiro atoms. The van der Waals surface area contributed by atoms with Crippen molar-refractivity contribution in [2.24, 2.45) is 0 Å². The maximum atomic E-state index is 11.7. The summed E-state index contributed by atoms with van der Waals surface area (Å²) in [5, 5.41) is 9.49. The number of rotatable bonds is 4. The van der Waals surface area contributed by atoms with Gasteiger partial charge in [-0.1, -0.05) is 29.8 Å². The predicted octanol–water partition coefficient (Wildman–Crippen LogP) is 2.30. The van der Waals surface area contributed by atoms with Crippen LogP contribution in [0.15, 0.2) is 24.3 Å². The van der Waals surface area contributed by atoms with E-state index in [4.69, 9.17) is 16.7 Å². The van der Waals surface area contributed by atoms with Crippen LogP contribution in [-0.2, 0) is 9.63 Å². The molecule has 5 nitrogen and oxygen atoms in total. The number of aliphatic carboxylic acids is 1. The second-order valence-corrected chi connectivity index (χ2v) is 4.79. The Labute approximate surface area is 111 Å². The second-order valence-electron chi connectivity index (χ2n) is 3.35. The van der Waals surface area contributed by atoms with E-state index in [2.05, 4.69) is 4.84 Å². The molecular weight excluding hydrogens is 278 g/mol. The quantitative estimate of drug-likeness (QED) is 0.845. The molecule has 0 unspecified atom stereocenters. The van der Waals surface area contributed by atoms with E-state index in [0.29, 0.717) is 9.90 Å². The van der Waals surface area contributed by atoms with Crippen LogP contribution in [0.4, 0.5) is 0 Å². The largest absolute Gasteiger partial charge is 0.479 e. The van der Waals surface area contributed by atoms with E-state index >= 15 is 0 Å². The van der Waals surface area contributed by atoms with E-state index in [1.54, 1.807) is 0 Å².